The molecule has 0 aliphatic rings. The van der Waals surface area contributed by atoms with E-state index < -0.39 is 30.4 Å². The lowest BCUT2D eigenvalue weighted by Gasteiger charge is -2.09. The molecule has 2 atom stereocenters. The molecule has 0 amide bonds. The molecule has 0 aliphatic carbocycles. The number of carboxylic acid groups (broad SMARTS) is 2. The Morgan fingerprint density at radius 2 is 1.86 bits per heavy atom. The number of rotatable bonds is 5. The third-order valence-electron chi connectivity index (χ3n) is 1.80. The van der Waals surface area contributed by atoms with E-state index in [1.165, 1.54) is 19.9 Å². The van der Waals surface area contributed by atoms with Crippen LogP contribution in [0.1, 0.15) is 20.3 Å². The molecule has 14 heavy (non-hydrogen) atoms. The van der Waals surface area contributed by atoms with Crippen LogP contribution in [0.25, 0.3) is 0 Å². The van der Waals surface area contributed by atoms with E-state index in [1.807, 2.05) is 0 Å². The van der Waals surface area contributed by atoms with E-state index in [1.54, 1.807) is 0 Å². The van der Waals surface area contributed by atoms with Crippen molar-refractivity contribution in [1.82, 2.24) is 0 Å². The zero-order valence-corrected chi connectivity index (χ0v) is 8.10. The van der Waals surface area contributed by atoms with Crippen LogP contribution in [0.5, 0.6) is 0 Å². The van der Waals surface area contributed by atoms with Crippen molar-refractivity contribution in [3.05, 3.63) is 11.6 Å². The second kappa shape index (κ2) is 5.39. The fourth-order valence-corrected chi connectivity index (χ4v) is 0.903. The Balaban J connectivity index is 4.36. The van der Waals surface area contributed by atoms with E-state index in [-0.39, 0.29) is 0 Å². The molecule has 80 valence electrons. The highest BCUT2D eigenvalue weighted by atomic mass is 16.4. The van der Waals surface area contributed by atoms with Crippen molar-refractivity contribution in [3.8, 4) is 0 Å². The number of carboxylic acids is 2. The summed E-state index contributed by atoms with van der Waals surface area (Å²) in [5.41, 5.74) is 0.363. The van der Waals surface area contributed by atoms with Crippen LogP contribution in [-0.4, -0.2) is 33.4 Å². The van der Waals surface area contributed by atoms with Crippen molar-refractivity contribution in [1.29, 1.82) is 0 Å². The summed E-state index contributed by atoms with van der Waals surface area (Å²) in [7, 11) is 0. The summed E-state index contributed by atoms with van der Waals surface area (Å²) >= 11 is 0. The summed E-state index contributed by atoms with van der Waals surface area (Å²) in [5.74, 6) is -2.85. The third kappa shape index (κ3) is 4.61. The minimum Gasteiger partial charge on any atom is -0.481 e. The molecule has 5 nitrogen and oxygen atoms in total. The maximum Gasteiger partial charge on any atom is 0.310 e. The van der Waals surface area contributed by atoms with Crippen LogP contribution in [0.3, 0.4) is 0 Å². The molecule has 0 aromatic carbocycles. The Morgan fingerprint density at radius 3 is 2.21 bits per heavy atom. The molecule has 0 saturated carbocycles. The Kier molecular flexibility index (Phi) is 4.86. The van der Waals surface area contributed by atoms with Gasteiger partial charge in [-0.25, -0.2) is 0 Å². The van der Waals surface area contributed by atoms with Crippen LogP contribution in [-0.2, 0) is 9.59 Å². The van der Waals surface area contributed by atoms with E-state index in [2.05, 4.69) is 0 Å². The fourth-order valence-electron chi connectivity index (χ4n) is 0.903. The van der Waals surface area contributed by atoms with Gasteiger partial charge in [-0.05, 0) is 19.4 Å². The maximum absolute atomic E-state index is 10.4. The second-order valence-corrected chi connectivity index (χ2v) is 3.15. The topological polar surface area (TPSA) is 94.8 Å². The Labute approximate surface area is 81.7 Å². The molecule has 0 rings (SSSR count). The minimum absolute atomic E-state index is 0.363. The van der Waals surface area contributed by atoms with E-state index in [4.69, 9.17) is 10.2 Å². The van der Waals surface area contributed by atoms with Crippen molar-refractivity contribution in [2.24, 2.45) is 5.92 Å². The van der Waals surface area contributed by atoms with Gasteiger partial charge < -0.3 is 15.3 Å². The fraction of sp³-hybridized carbons (Fsp3) is 0.556. The zero-order chi connectivity index (χ0) is 11.3. The number of aliphatic carboxylic acids is 2. The normalized spacial score (nSPS) is 16.1. The van der Waals surface area contributed by atoms with Gasteiger partial charge >= 0.3 is 11.9 Å². The van der Waals surface area contributed by atoms with E-state index in [0.717, 1.165) is 0 Å². The van der Waals surface area contributed by atoms with Gasteiger partial charge in [0.15, 0.2) is 0 Å². The standard InChI is InChI=1S/C9H14O5/c1-5(3-6(2)9(13)14)7(10)4-8(11)12/h3,6-7,10H,4H2,1-2H3,(H,11,12)(H,13,14)/b5-3+/t6-,7-/m1/s1. The zero-order valence-electron chi connectivity index (χ0n) is 8.10. The highest BCUT2D eigenvalue weighted by Gasteiger charge is 2.14. The molecular formula is C9H14O5. The van der Waals surface area contributed by atoms with E-state index >= 15 is 0 Å². The molecule has 0 aromatic heterocycles. The average molecular weight is 202 g/mol. The predicted octanol–water partition coefficient (Wildman–Crippen LogP) is 0.489. The van der Waals surface area contributed by atoms with E-state index in [9.17, 15) is 14.7 Å². The Bertz CT molecular complexity index is 256. The highest BCUT2D eigenvalue weighted by molar-refractivity contribution is 5.72. The molecule has 0 bridgehead atoms. The van der Waals surface area contributed by atoms with Gasteiger partial charge in [-0.15, -0.1) is 0 Å². The Morgan fingerprint density at radius 1 is 1.36 bits per heavy atom. The quantitative estimate of drug-likeness (QED) is 0.564. The van der Waals surface area contributed by atoms with Gasteiger partial charge in [0.25, 0.3) is 0 Å². The van der Waals surface area contributed by atoms with Gasteiger partial charge in [-0.2, -0.15) is 0 Å². The van der Waals surface area contributed by atoms with Gasteiger partial charge in [-0.3, -0.25) is 9.59 Å². The summed E-state index contributed by atoms with van der Waals surface area (Å²) in [5, 5.41) is 26.2. The van der Waals surface area contributed by atoms with Gasteiger partial charge in [-0.1, -0.05) is 6.08 Å². The number of aliphatic hydroxyl groups is 1. The molecule has 0 spiro atoms. The monoisotopic (exact) mass is 202 g/mol. The average Bonchev–Trinajstić information content (AvgIpc) is 2.02. The van der Waals surface area contributed by atoms with Gasteiger partial charge in [0.1, 0.15) is 0 Å². The van der Waals surface area contributed by atoms with Crippen LogP contribution >= 0.6 is 0 Å². The summed E-state index contributed by atoms with van der Waals surface area (Å²) in [6.45, 7) is 2.96. The summed E-state index contributed by atoms with van der Waals surface area (Å²) in [6.07, 6.45) is -0.181. The van der Waals surface area contributed by atoms with Crippen molar-refractivity contribution in [3.63, 3.8) is 0 Å². The smallest absolute Gasteiger partial charge is 0.310 e. The van der Waals surface area contributed by atoms with E-state index in [0.29, 0.717) is 5.57 Å². The largest absolute Gasteiger partial charge is 0.481 e. The van der Waals surface area contributed by atoms with Crippen molar-refractivity contribution in [2.75, 3.05) is 0 Å². The summed E-state index contributed by atoms with van der Waals surface area (Å²) in [6, 6.07) is 0. The molecule has 0 radical (unpaired) electrons. The number of aliphatic hydroxyl groups excluding tert-OH is 1. The Hall–Kier alpha value is -1.36. The molecule has 0 heterocycles. The SMILES string of the molecule is C/C(=C\[C@@H](C)C(=O)O)[C@H](O)CC(=O)O. The number of hydrogen-bond donors (Lipinski definition) is 3. The molecule has 0 fully saturated rings. The van der Waals surface area contributed by atoms with Crippen LogP contribution in [0.4, 0.5) is 0 Å². The third-order valence-corrected chi connectivity index (χ3v) is 1.80. The first kappa shape index (κ1) is 12.6. The highest BCUT2D eigenvalue weighted by Crippen LogP contribution is 2.10. The van der Waals surface area contributed by atoms with Gasteiger partial charge in [0.2, 0.25) is 0 Å². The molecule has 0 aromatic rings. The number of carbonyl (C=O) groups is 2. The van der Waals surface area contributed by atoms with Crippen LogP contribution in [0.15, 0.2) is 11.6 Å². The minimum atomic E-state index is -1.12. The van der Waals surface area contributed by atoms with Crippen LogP contribution in [0, 0.1) is 5.92 Å². The van der Waals surface area contributed by atoms with Crippen LogP contribution in [0.2, 0.25) is 0 Å². The first-order valence-corrected chi connectivity index (χ1v) is 4.15. The van der Waals surface area contributed by atoms with Crippen molar-refractivity contribution in [2.45, 2.75) is 26.4 Å². The van der Waals surface area contributed by atoms with Crippen LogP contribution < -0.4 is 0 Å². The van der Waals surface area contributed by atoms with Crippen molar-refractivity contribution < 1.29 is 24.9 Å². The lowest BCUT2D eigenvalue weighted by Crippen LogP contribution is -2.16. The summed E-state index contributed by atoms with van der Waals surface area (Å²) in [4.78, 5) is 20.7. The maximum atomic E-state index is 10.4. The predicted molar refractivity (Wildman–Crippen MR) is 48.8 cm³/mol. The molecule has 0 saturated heterocycles. The van der Waals surface area contributed by atoms with Gasteiger partial charge in [0.05, 0.1) is 18.4 Å². The second-order valence-electron chi connectivity index (χ2n) is 3.15. The summed E-state index contributed by atoms with van der Waals surface area (Å²) < 4.78 is 0. The molecular weight excluding hydrogens is 188 g/mol. The number of hydrogen-bond acceptors (Lipinski definition) is 3. The molecule has 0 aliphatic heterocycles. The first-order chi connectivity index (χ1) is 6.34. The molecule has 0 unspecified atom stereocenters. The first-order valence-electron chi connectivity index (χ1n) is 4.15. The lowest BCUT2D eigenvalue weighted by molar-refractivity contribution is -0.139. The lowest BCUT2D eigenvalue weighted by atomic mass is 10.0. The molecule has 5 heteroatoms. The van der Waals surface area contributed by atoms with Crippen molar-refractivity contribution >= 4 is 11.9 Å². The molecule has 3 N–H and O–H groups in total. The van der Waals surface area contributed by atoms with Gasteiger partial charge in [0, 0.05) is 0 Å².